The van der Waals surface area contributed by atoms with Gasteiger partial charge < -0.3 is 14.8 Å². The van der Waals surface area contributed by atoms with E-state index >= 15 is 0 Å². The minimum absolute atomic E-state index is 0.221. The van der Waals surface area contributed by atoms with Gasteiger partial charge in [-0.15, -0.1) is 0 Å². The number of carbonyl (C=O) groups is 2. The van der Waals surface area contributed by atoms with Crippen molar-refractivity contribution in [1.82, 2.24) is 5.32 Å². The Bertz CT molecular complexity index is 788. The summed E-state index contributed by atoms with van der Waals surface area (Å²) >= 11 is 0. The molecule has 7 heteroatoms. The largest absolute Gasteiger partial charge is 0.491 e. The zero-order valence-electron chi connectivity index (χ0n) is 14.5. The number of halogens is 2. The summed E-state index contributed by atoms with van der Waals surface area (Å²) < 4.78 is 36.4. The van der Waals surface area contributed by atoms with Crippen LogP contribution in [0.15, 0.2) is 36.4 Å². The summed E-state index contributed by atoms with van der Waals surface area (Å²) in [6.07, 6.45) is 0. The number of amides is 1. The van der Waals surface area contributed by atoms with E-state index < -0.39 is 30.1 Å². The number of carbonyl (C=O) groups excluding carboxylic acids is 2. The Balaban J connectivity index is 1.71. The van der Waals surface area contributed by atoms with E-state index in [9.17, 15) is 18.4 Å². The SMILES string of the molecule is Cc1ccc(OCCNC(=O)COC(=O)c2cc(F)cc(F)c2)c(C)c1. The summed E-state index contributed by atoms with van der Waals surface area (Å²) in [7, 11) is 0. The van der Waals surface area contributed by atoms with E-state index in [-0.39, 0.29) is 18.7 Å². The van der Waals surface area contributed by atoms with Gasteiger partial charge in [0, 0.05) is 6.07 Å². The van der Waals surface area contributed by atoms with Crippen LogP contribution in [0.2, 0.25) is 0 Å². The molecule has 138 valence electrons. The molecule has 0 bridgehead atoms. The van der Waals surface area contributed by atoms with Gasteiger partial charge in [0.1, 0.15) is 24.0 Å². The van der Waals surface area contributed by atoms with Crippen LogP contribution < -0.4 is 10.1 Å². The Morgan fingerprint density at radius 3 is 2.38 bits per heavy atom. The van der Waals surface area contributed by atoms with Crippen molar-refractivity contribution in [2.24, 2.45) is 0 Å². The lowest BCUT2D eigenvalue weighted by atomic mass is 10.1. The van der Waals surface area contributed by atoms with Gasteiger partial charge >= 0.3 is 5.97 Å². The second kappa shape index (κ2) is 8.94. The molecule has 0 aliphatic heterocycles. The molecular formula is C19H19F2NO4. The third-order valence-corrected chi connectivity index (χ3v) is 3.44. The van der Waals surface area contributed by atoms with Crippen LogP contribution in [-0.2, 0) is 9.53 Å². The molecule has 0 radical (unpaired) electrons. The van der Waals surface area contributed by atoms with Gasteiger partial charge in [-0.05, 0) is 37.6 Å². The number of hydrogen-bond acceptors (Lipinski definition) is 4. The Labute approximate surface area is 149 Å². The van der Waals surface area contributed by atoms with Crippen molar-refractivity contribution < 1.29 is 27.8 Å². The van der Waals surface area contributed by atoms with Gasteiger partial charge in [0.15, 0.2) is 6.61 Å². The Hall–Kier alpha value is -2.96. The van der Waals surface area contributed by atoms with Gasteiger partial charge in [-0.1, -0.05) is 17.7 Å². The topological polar surface area (TPSA) is 64.6 Å². The summed E-state index contributed by atoms with van der Waals surface area (Å²) in [4.78, 5) is 23.3. The molecule has 26 heavy (non-hydrogen) atoms. The molecule has 5 nitrogen and oxygen atoms in total. The molecule has 0 aromatic heterocycles. The summed E-state index contributed by atoms with van der Waals surface area (Å²) in [6.45, 7) is 3.82. The van der Waals surface area contributed by atoms with Crippen molar-refractivity contribution in [1.29, 1.82) is 0 Å². The highest BCUT2D eigenvalue weighted by Crippen LogP contribution is 2.18. The predicted octanol–water partition coefficient (Wildman–Crippen LogP) is 2.93. The fourth-order valence-corrected chi connectivity index (χ4v) is 2.25. The number of nitrogens with one attached hydrogen (secondary N) is 1. The number of hydrogen-bond donors (Lipinski definition) is 1. The van der Waals surface area contributed by atoms with E-state index in [0.717, 1.165) is 29.0 Å². The molecule has 1 N–H and O–H groups in total. The van der Waals surface area contributed by atoms with Gasteiger partial charge in [0.25, 0.3) is 5.91 Å². The summed E-state index contributed by atoms with van der Waals surface area (Å²) in [6, 6.07) is 8.08. The Morgan fingerprint density at radius 1 is 1.04 bits per heavy atom. The molecule has 0 heterocycles. The summed E-state index contributed by atoms with van der Waals surface area (Å²) in [5.41, 5.74) is 1.82. The Kier molecular flexibility index (Phi) is 6.66. The molecular weight excluding hydrogens is 344 g/mol. The van der Waals surface area contributed by atoms with Crippen molar-refractivity contribution >= 4 is 11.9 Å². The first-order chi connectivity index (χ1) is 12.3. The monoisotopic (exact) mass is 363 g/mol. The van der Waals surface area contributed by atoms with E-state index in [4.69, 9.17) is 9.47 Å². The fraction of sp³-hybridized carbons (Fsp3) is 0.263. The fourth-order valence-electron chi connectivity index (χ4n) is 2.25. The molecule has 0 unspecified atom stereocenters. The summed E-state index contributed by atoms with van der Waals surface area (Å²) in [5, 5.41) is 2.52. The van der Waals surface area contributed by atoms with E-state index in [1.807, 2.05) is 32.0 Å². The van der Waals surface area contributed by atoms with E-state index in [1.54, 1.807) is 0 Å². The zero-order chi connectivity index (χ0) is 19.1. The number of ether oxygens (including phenoxy) is 2. The second-order valence-corrected chi connectivity index (χ2v) is 5.70. The van der Waals surface area contributed by atoms with E-state index in [1.165, 1.54) is 0 Å². The third-order valence-electron chi connectivity index (χ3n) is 3.44. The van der Waals surface area contributed by atoms with Gasteiger partial charge in [0.05, 0.1) is 12.1 Å². The number of aryl methyl sites for hydroxylation is 2. The molecule has 2 aromatic carbocycles. The highest BCUT2D eigenvalue weighted by Gasteiger charge is 2.12. The first-order valence-corrected chi connectivity index (χ1v) is 7.95. The maximum absolute atomic E-state index is 13.0. The van der Waals surface area contributed by atoms with Crippen LogP contribution in [0, 0.1) is 25.5 Å². The van der Waals surface area contributed by atoms with Gasteiger partial charge in [-0.2, -0.15) is 0 Å². The lowest BCUT2D eigenvalue weighted by molar-refractivity contribution is -0.124. The molecule has 1 amide bonds. The molecule has 0 atom stereocenters. The summed E-state index contributed by atoms with van der Waals surface area (Å²) in [5.74, 6) is -2.59. The molecule has 0 fully saturated rings. The van der Waals surface area contributed by atoms with Crippen molar-refractivity contribution in [2.45, 2.75) is 13.8 Å². The molecule has 0 aliphatic rings. The van der Waals surface area contributed by atoms with Gasteiger partial charge in [0.2, 0.25) is 0 Å². The van der Waals surface area contributed by atoms with E-state index in [2.05, 4.69) is 5.32 Å². The van der Waals surface area contributed by atoms with Crippen LogP contribution >= 0.6 is 0 Å². The van der Waals surface area contributed by atoms with Crippen molar-refractivity contribution in [3.8, 4) is 5.75 Å². The van der Waals surface area contributed by atoms with Crippen LogP contribution in [0.3, 0.4) is 0 Å². The van der Waals surface area contributed by atoms with Crippen molar-refractivity contribution in [2.75, 3.05) is 19.8 Å². The number of esters is 1. The highest BCUT2D eigenvalue weighted by molar-refractivity contribution is 5.91. The molecule has 2 rings (SSSR count). The molecule has 0 saturated heterocycles. The minimum Gasteiger partial charge on any atom is -0.491 e. The molecule has 0 spiro atoms. The lowest BCUT2D eigenvalue weighted by Gasteiger charge is -2.10. The molecule has 0 aliphatic carbocycles. The first kappa shape index (κ1) is 19.4. The Morgan fingerprint density at radius 2 is 1.73 bits per heavy atom. The third kappa shape index (κ3) is 5.84. The van der Waals surface area contributed by atoms with Crippen LogP contribution in [0.5, 0.6) is 5.75 Å². The maximum atomic E-state index is 13.0. The lowest BCUT2D eigenvalue weighted by Crippen LogP contribution is -2.32. The molecule has 0 saturated carbocycles. The zero-order valence-corrected chi connectivity index (χ0v) is 14.5. The van der Waals surface area contributed by atoms with Gasteiger partial charge in [-0.25, -0.2) is 13.6 Å². The van der Waals surface area contributed by atoms with Crippen molar-refractivity contribution in [3.63, 3.8) is 0 Å². The average Bonchev–Trinajstić information content (AvgIpc) is 2.57. The van der Waals surface area contributed by atoms with E-state index in [0.29, 0.717) is 6.07 Å². The average molecular weight is 363 g/mol. The standard InChI is InChI=1S/C19H19F2NO4/c1-12-3-4-17(13(2)7-12)25-6-5-22-18(23)11-26-19(24)14-8-15(20)10-16(21)9-14/h3-4,7-10H,5-6,11H2,1-2H3,(H,22,23). The predicted molar refractivity (Wildman–Crippen MR) is 91.1 cm³/mol. The van der Waals surface area contributed by atoms with Gasteiger partial charge in [-0.3, -0.25) is 4.79 Å². The van der Waals surface area contributed by atoms with Crippen LogP contribution in [0.1, 0.15) is 21.5 Å². The highest BCUT2D eigenvalue weighted by atomic mass is 19.1. The number of rotatable bonds is 7. The smallest absolute Gasteiger partial charge is 0.338 e. The maximum Gasteiger partial charge on any atom is 0.338 e. The van der Waals surface area contributed by atoms with Crippen molar-refractivity contribution in [3.05, 3.63) is 64.7 Å². The van der Waals surface area contributed by atoms with Crippen LogP contribution in [-0.4, -0.2) is 31.6 Å². The minimum atomic E-state index is -0.981. The second-order valence-electron chi connectivity index (χ2n) is 5.70. The first-order valence-electron chi connectivity index (χ1n) is 7.95. The normalized spacial score (nSPS) is 10.3. The number of benzene rings is 2. The molecule has 2 aromatic rings. The quantitative estimate of drug-likeness (QED) is 0.607. The van der Waals surface area contributed by atoms with Crippen LogP contribution in [0.4, 0.5) is 8.78 Å². The van der Waals surface area contributed by atoms with Crippen LogP contribution in [0.25, 0.3) is 0 Å².